The van der Waals surface area contributed by atoms with Crippen LogP contribution in [0, 0.1) is 27.7 Å². The van der Waals surface area contributed by atoms with E-state index in [0.717, 1.165) is 27.9 Å². The number of rotatable bonds is 4. The van der Waals surface area contributed by atoms with Gasteiger partial charge in [0.15, 0.2) is 5.82 Å². The van der Waals surface area contributed by atoms with Gasteiger partial charge in [0.2, 0.25) is 11.7 Å². The normalized spacial score (nSPS) is 11.1. The van der Waals surface area contributed by atoms with Crippen LogP contribution in [0.2, 0.25) is 0 Å². The summed E-state index contributed by atoms with van der Waals surface area (Å²) in [7, 11) is 0. The van der Waals surface area contributed by atoms with Crippen LogP contribution in [0.3, 0.4) is 0 Å². The third-order valence-electron chi connectivity index (χ3n) is 5.17. The Morgan fingerprint density at radius 2 is 1.80 bits per heavy atom. The van der Waals surface area contributed by atoms with E-state index in [9.17, 15) is 9.59 Å². The lowest BCUT2D eigenvalue weighted by molar-refractivity contribution is -0.116. The number of fused-ring (bicyclic) bond motifs is 1. The molecule has 2 aromatic heterocycles. The van der Waals surface area contributed by atoms with E-state index in [1.807, 2.05) is 63.2 Å². The lowest BCUT2D eigenvalue weighted by Gasteiger charge is -2.12. The molecule has 30 heavy (non-hydrogen) atoms. The van der Waals surface area contributed by atoms with Crippen molar-refractivity contribution in [3.05, 3.63) is 81.3 Å². The minimum atomic E-state index is -0.278. The maximum absolute atomic E-state index is 12.7. The molecular formula is C23H23N5O2. The molecule has 0 saturated heterocycles. The van der Waals surface area contributed by atoms with Gasteiger partial charge in [-0.05, 0) is 57.0 Å². The van der Waals surface area contributed by atoms with Gasteiger partial charge in [-0.15, -0.1) is 5.10 Å². The van der Waals surface area contributed by atoms with Crippen molar-refractivity contribution in [1.29, 1.82) is 0 Å². The Bertz CT molecular complexity index is 1330. The van der Waals surface area contributed by atoms with Crippen LogP contribution < -0.4 is 10.9 Å². The predicted molar refractivity (Wildman–Crippen MR) is 117 cm³/mol. The van der Waals surface area contributed by atoms with Crippen LogP contribution in [0.5, 0.6) is 0 Å². The summed E-state index contributed by atoms with van der Waals surface area (Å²) in [4.78, 5) is 29.7. The van der Waals surface area contributed by atoms with Gasteiger partial charge >= 0.3 is 0 Å². The monoisotopic (exact) mass is 401 g/mol. The average molecular weight is 401 g/mol. The molecule has 4 aromatic rings. The molecule has 2 heterocycles. The number of benzene rings is 2. The van der Waals surface area contributed by atoms with Crippen molar-refractivity contribution < 1.29 is 4.79 Å². The van der Waals surface area contributed by atoms with Crippen LogP contribution in [0.25, 0.3) is 17.2 Å². The summed E-state index contributed by atoms with van der Waals surface area (Å²) in [5.41, 5.74) is 5.27. The molecule has 7 nitrogen and oxygen atoms in total. The molecule has 0 radical (unpaired) electrons. The summed E-state index contributed by atoms with van der Waals surface area (Å²) < 4.78 is 2.94. The van der Waals surface area contributed by atoms with Gasteiger partial charge in [-0.25, -0.2) is 0 Å². The lowest BCUT2D eigenvalue weighted by Crippen LogP contribution is -2.25. The molecule has 4 rings (SSSR count). The highest BCUT2D eigenvalue weighted by Gasteiger charge is 2.16. The van der Waals surface area contributed by atoms with Gasteiger partial charge in [-0.2, -0.15) is 9.50 Å². The molecular weight excluding hydrogens is 378 g/mol. The smallest absolute Gasteiger partial charge is 0.275 e. The summed E-state index contributed by atoms with van der Waals surface area (Å²) in [5.74, 6) is 0.587. The number of aromatic nitrogens is 4. The van der Waals surface area contributed by atoms with E-state index >= 15 is 0 Å². The Labute approximate surface area is 174 Å². The van der Waals surface area contributed by atoms with Gasteiger partial charge in [0, 0.05) is 23.0 Å². The Kier molecular flexibility index (Phi) is 4.95. The number of nitrogens with zero attached hydrogens (tertiary/aromatic N) is 4. The highest BCUT2D eigenvalue weighted by atomic mass is 16.2. The Morgan fingerprint density at radius 3 is 2.53 bits per heavy atom. The molecule has 0 saturated carbocycles. The first-order valence-corrected chi connectivity index (χ1v) is 9.73. The van der Waals surface area contributed by atoms with Crippen molar-refractivity contribution in [2.75, 3.05) is 5.32 Å². The van der Waals surface area contributed by atoms with E-state index in [4.69, 9.17) is 0 Å². The third kappa shape index (κ3) is 3.74. The topological polar surface area (TPSA) is 81.3 Å². The van der Waals surface area contributed by atoms with Crippen molar-refractivity contribution >= 4 is 17.4 Å². The highest BCUT2D eigenvalue weighted by Crippen LogP contribution is 2.18. The van der Waals surface area contributed by atoms with Crippen LogP contribution in [-0.2, 0) is 11.3 Å². The minimum Gasteiger partial charge on any atom is -0.325 e. The average Bonchev–Trinajstić information content (AvgIpc) is 3.14. The van der Waals surface area contributed by atoms with Gasteiger partial charge in [-0.1, -0.05) is 29.8 Å². The van der Waals surface area contributed by atoms with Crippen molar-refractivity contribution in [2.45, 2.75) is 34.2 Å². The fourth-order valence-electron chi connectivity index (χ4n) is 3.37. The number of hydrogen-bond acceptors (Lipinski definition) is 4. The summed E-state index contributed by atoms with van der Waals surface area (Å²) in [6.07, 6.45) is 0. The number of nitrogens with one attached hydrogen (secondary N) is 1. The summed E-state index contributed by atoms with van der Waals surface area (Å²) >= 11 is 0. The molecule has 0 aliphatic rings. The van der Waals surface area contributed by atoms with Gasteiger partial charge < -0.3 is 9.88 Å². The molecule has 0 aliphatic heterocycles. The van der Waals surface area contributed by atoms with Gasteiger partial charge in [-0.3, -0.25) is 9.59 Å². The molecule has 7 heteroatoms. The van der Waals surface area contributed by atoms with Crippen molar-refractivity contribution in [3.63, 3.8) is 0 Å². The SMILES string of the molecule is Cc1cccc(-c2nc3n(CC(=O)Nc4ccc(C)c(C)c4)c(C)cc(=O)n3n2)c1. The van der Waals surface area contributed by atoms with Crippen LogP contribution >= 0.6 is 0 Å². The van der Waals surface area contributed by atoms with E-state index in [1.165, 1.54) is 10.6 Å². The molecule has 0 bridgehead atoms. The third-order valence-corrected chi connectivity index (χ3v) is 5.17. The summed E-state index contributed by atoms with van der Waals surface area (Å²) in [5, 5.41) is 7.29. The highest BCUT2D eigenvalue weighted by molar-refractivity contribution is 5.91. The molecule has 0 atom stereocenters. The largest absolute Gasteiger partial charge is 0.325 e. The van der Waals surface area contributed by atoms with E-state index in [-0.39, 0.29) is 18.0 Å². The zero-order valence-electron chi connectivity index (χ0n) is 17.4. The Balaban J connectivity index is 1.70. The molecule has 0 unspecified atom stereocenters. The fourth-order valence-corrected chi connectivity index (χ4v) is 3.37. The number of carbonyl (C=O) groups excluding carboxylic acids is 1. The lowest BCUT2D eigenvalue weighted by atomic mass is 10.1. The van der Waals surface area contributed by atoms with Crippen LogP contribution in [0.1, 0.15) is 22.4 Å². The number of aryl methyl sites for hydroxylation is 4. The second kappa shape index (κ2) is 7.59. The van der Waals surface area contributed by atoms with Crippen molar-refractivity contribution in [1.82, 2.24) is 19.2 Å². The van der Waals surface area contributed by atoms with Gasteiger partial charge in [0.25, 0.3) is 5.56 Å². The number of hydrogen-bond donors (Lipinski definition) is 1. The molecule has 2 aromatic carbocycles. The standard InChI is InChI=1S/C23H23N5O2/c1-14-6-5-7-18(10-14)22-25-23-27(17(4)12-21(30)28(23)26-22)13-20(29)24-19-9-8-15(2)16(3)11-19/h5-12H,13H2,1-4H3,(H,24,29). The molecule has 1 amide bonds. The van der Waals surface area contributed by atoms with Gasteiger partial charge in [0.1, 0.15) is 6.54 Å². The summed E-state index contributed by atoms with van der Waals surface area (Å²) in [6, 6.07) is 15.0. The van der Waals surface area contributed by atoms with E-state index in [1.54, 1.807) is 11.5 Å². The second-order valence-electron chi connectivity index (χ2n) is 7.57. The molecule has 152 valence electrons. The van der Waals surface area contributed by atoms with E-state index in [0.29, 0.717) is 17.3 Å². The van der Waals surface area contributed by atoms with E-state index < -0.39 is 0 Å². The molecule has 0 spiro atoms. The van der Waals surface area contributed by atoms with Gasteiger partial charge in [0.05, 0.1) is 0 Å². The van der Waals surface area contributed by atoms with Crippen molar-refractivity contribution in [2.24, 2.45) is 0 Å². The van der Waals surface area contributed by atoms with Crippen LogP contribution in [0.15, 0.2) is 53.3 Å². The Hall–Kier alpha value is -3.74. The maximum Gasteiger partial charge on any atom is 0.275 e. The predicted octanol–water partition coefficient (Wildman–Crippen LogP) is 3.43. The van der Waals surface area contributed by atoms with E-state index in [2.05, 4.69) is 15.4 Å². The maximum atomic E-state index is 12.7. The first-order chi connectivity index (χ1) is 14.3. The first kappa shape index (κ1) is 19.6. The first-order valence-electron chi connectivity index (χ1n) is 9.73. The van der Waals surface area contributed by atoms with Crippen LogP contribution in [0.4, 0.5) is 5.69 Å². The number of amides is 1. The fraction of sp³-hybridized carbons (Fsp3) is 0.217. The van der Waals surface area contributed by atoms with Crippen LogP contribution in [-0.4, -0.2) is 25.1 Å². The molecule has 0 aliphatic carbocycles. The van der Waals surface area contributed by atoms with Crippen molar-refractivity contribution in [3.8, 4) is 11.4 Å². The number of anilines is 1. The zero-order valence-corrected chi connectivity index (χ0v) is 17.4. The molecule has 0 fully saturated rings. The zero-order chi connectivity index (χ0) is 21.4. The minimum absolute atomic E-state index is 0.0223. The summed E-state index contributed by atoms with van der Waals surface area (Å²) in [6.45, 7) is 7.82. The Morgan fingerprint density at radius 1 is 1.00 bits per heavy atom. The number of carbonyl (C=O) groups is 1. The second-order valence-corrected chi connectivity index (χ2v) is 7.57. The quantitative estimate of drug-likeness (QED) is 0.568. The molecule has 1 N–H and O–H groups in total.